The van der Waals surface area contributed by atoms with E-state index in [1.807, 2.05) is 0 Å². The van der Waals surface area contributed by atoms with Crippen molar-refractivity contribution in [1.29, 1.82) is 0 Å². The molecule has 24 valence electrons. The smallest absolute Gasteiger partial charge is 0 e. The van der Waals surface area contributed by atoms with Crippen LogP contribution in [-0.2, 0) is 38.2 Å². The first-order valence-electron chi connectivity index (χ1n) is 0. The Balaban J connectivity index is 0. The minimum atomic E-state index is 0. The average molecular weight is 133 g/mol. The summed E-state index contributed by atoms with van der Waals surface area (Å²) in [5.41, 5.74) is 0. The van der Waals surface area contributed by atoms with E-state index in [9.17, 15) is 0 Å². The van der Waals surface area contributed by atoms with Crippen molar-refractivity contribution in [3.05, 3.63) is 0 Å². The van der Waals surface area contributed by atoms with Gasteiger partial charge in [-0.3, -0.25) is 0 Å². The van der Waals surface area contributed by atoms with Gasteiger partial charge >= 0.3 is 18.9 Å². The van der Waals surface area contributed by atoms with E-state index in [1.165, 1.54) is 0 Å². The van der Waals surface area contributed by atoms with Crippen molar-refractivity contribution in [2.75, 3.05) is 0 Å². The average Bonchev–Trinajstić information content (AvgIpc) is 0. The number of hydrogen-bond acceptors (Lipinski definition) is 0. The first-order chi connectivity index (χ1) is 0. The summed E-state index contributed by atoms with van der Waals surface area (Å²) < 4.78 is 0. The Labute approximate surface area is 62.2 Å². The molecule has 0 fully saturated rings. The summed E-state index contributed by atoms with van der Waals surface area (Å²) in [5, 5.41) is 0. The molecule has 0 bridgehead atoms. The summed E-state index contributed by atoms with van der Waals surface area (Å²) in [7, 11) is 0. The molecular formula is H3LiNiOTi. The quantitative estimate of drug-likeness (QED) is 0.360. The number of hydrogen-bond donors (Lipinski definition) is 0. The van der Waals surface area contributed by atoms with Crippen LogP contribution in [-0.4, -0.2) is 24.3 Å². The third kappa shape index (κ3) is 9.24. The van der Waals surface area contributed by atoms with E-state index in [0.717, 1.165) is 0 Å². The van der Waals surface area contributed by atoms with Crippen LogP contribution in [0, 0.1) is 0 Å². The van der Waals surface area contributed by atoms with Crippen molar-refractivity contribution in [1.82, 2.24) is 0 Å². The predicted molar refractivity (Wildman–Crippen MR) is 10.8 cm³/mol. The molecule has 0 spiro atoms. The molecule has 4 heavy (non-hydrogen) atoms. The molecule has 0 aromatic rings. The molecular weight excluding hydrogens is 130 g/mol. The first-order valence-corrected chi connectivity index (χ1v) is 0. The second-order valence-corrected chi connectivity index (χ2v) is 0. The van der Waals surface area contributed by atoms with Gasteiger partial charge in [-0.2, -0.15) is 0 Å². The molecule has 4 heteroatoms. The zero-order valence-corrected chi connectivity index (χ0v) is 3.87. The summed E-state index contributed by atoms with van der Waals surface area (Å²) in [6.45, 7) is 0. The molecule has 0 rings (SSSR count). The van der Waals surface area contributed by atoms with Crippen molar-refractivity contribution in [2.45, 2.75) is 0 Å². The van der Waals surface area contributed by atoms with Crippen molar-refractivity contribution in [3.8, 4) is 0 Å². The van der Waals surface area contributed by atoms with E-state index >= 15 is 0 Å². The largest absolute Gasteiger partial charge is 0 e. The predicted octanol–water partition coefficient (Wildman–Crippen LogP) is -1.48. The van der Waals surface area contributed by atoms with Gasteiger partial charge in [0.05, 0.1) is 0 Å². The Morgan fingerprint density at radius 2 is 1.00 bits per heavy atom. The molecule has 0 aliphatic heterocycles. The van der Waals surface area contributed by atoms with Crippen LogP contribution in [0.1, 0.15) is 0 Å². The van der Waals surface area contributed by atoms with Gasteiger partial charge in [-0.25, -0.2) is 0 Å². The van der Waals surface area contributed by atoms with E-state index in [-0.39, 0.29) is 62.5 Å². The Morgan fingerprint density at radius 1 is 1.00 bits per heavy atom. The maximum atomic E-state index is 0. The van der Waals surface area contributed by atoms with Crippen LogP contribution in [0.3, 0.4) is 0 Å². The van der Waals surface area contributed by atoms with Gasteiger partial charge in [0.2, 0.25) is 0 Å². The van der Waals surface area contributed by atoms with Crippen molar-refractivity contribution in [3.63, 3.8) is 0 Å². The molecule has 0 radical (unpaired) electrons. The molecule has 0 unspecified atom stereocenters. The Bertz CT molecular complexity index is 8.00. The first kappa shape index (κ1) is 42.0. The maximum Gasteiger partial charge on any atom is 0 e. The minimum absolute atomic E-state index is 0. The Kier molecular flexibility index (Phi) is 228. The zero-order chi connectivity index (χ0) is 0. The molecule has 0 atom stereocenters. The van der Waals surface area contributed by atoms with Gasteiger partial charge in [0.25, 0.3) is 0 Å². The van der Waals surface area contributed by atoms with E-state index in [0.29, 0.717) is 0 Å². The molecule has 0 amide bonds. The zero-order valence-electron chi connectivity index (χ0n) is 1.32. The van der Waals surface area contributed by atoms with Gasteiger partial charge < -0.3 is 5.48 Å². The summed E-state index contributed by atoms with van der Waals surface area (Å²) in [5.74, 6) is 0. The maximum absolute atomic E-state index is 0. The normalized spacial score (nSPS) is 0. The summed E-state index contributed by atoms with van der Waals surface area (Å²) in [4.78, 5) is 0. The van der Waals surface area contributed by atoms with Crippen LogP contribution in [0.5, 0.6) is 0 Å². The summed E-state index contributed by atoms with van der Waals surface area (Å²) in [6.07, 6.45) is 0. The molecule has 0 aliphatic carbocycles. The molecule has 0 saturated carbocycles. The third-order valence-corrected chi connectivity index (χ3v) is 0. The second-order valence-electron chi connectivity index (χ2n) is 0. The fraction of sp³-hybridized carbons (Fsp3) is 0. The molecule has 0 heterocycles. The topological polar surface area (TPSA) is 31.5 Å². The monoisotopic (exact) mass is 132 g/mol. The summed E-state index contributed by atoms with van der Waals surface area (Å²) >= 11 is 0. The molecule has 1 nitrogen and oxygen atoms in total. The van der Waals surface area contributed by atoms with Crippen LogP contribution in [0.25, 0.3) is 0 Å². The van der Waals surface area contributed by atoms with Gasteiger partial charge in [-0.05, 0) is 0 Å². The second kappa shape index (κ2) is 21.7. The van der Waals surface area contributed by atoms with Gasteiger partial charge in [-0.15, -0.1) is 0 Å². The van der Waals surface area contributed by atoms with Gasteiger partial charge in [-0.1, -0.05) is 0 Å². The van der Waals surface area contributed by atoms with E-state index in [1.54, 1.807) is 0 Å². The van der Waals surface area contributed by atoms with Crippen LogP contribution >= 0.6 is 0 Å². The number of rotatable bonds is 0. The van der Waals surface area contributed by atoms with Crippen molar-refractivity contribution < 1.29 is 43.7 Å². The molecule has 0 saturated heterocycles. The van der Waals surface area contributed by atoms with E-state index in [4.69, 9.17) is 0 Å². The SMILES string of the molecule is O.[LiH].[Ni].[Ti]. The molecule has 0 aromatic heterocycles. The van der Waals surface area contributed by atoms with Crippen LogP contribution < -0.4 is 0 Å². The third-order valence-electron chi connectivity index (χ3n) is 0. The summed E-state index contributed by atoms with van der Waals surface area (Å²) in [6, 6.07) is 0. The van der Waals surface area contributed by atoms with Crippen LogP contribution in [0.2, 0.25) is 0 Å². The van der Waals surface area contributed by atoms with Crippen molar-refractivity contribution >= 4 is 18.9 Å². The van der Waals surface area contributed by atoms with E-state index < -0.39 is 0 Å². The Hall–Kier alpha value is 1.77. The van der Waals surface area contributed by atoms with Gasteiger partial charge in [0.1, 0.15) is 0 Å². The molecule has 0 aliphatic rings. The van der Waals surface area contributed by atoms with E-state index in [2.05, 4.69) is 0 Å². The minimum Gasteiger partial charge on any atom is 0 e. The standard InChI is InChI=1S/Li.Ni.H2O.Ti.H/h;;1H2;;. The Morgan fingerprint density at radius 3 is 1.00 bits per heavy atom. The molecule has 0 aromatic carbocycles. The fourth-order valence-corrected chi connectivity index (χ4v) is 0. The molecule has 2 N–H and O–H groups in total. The van der Waals surface area contributed by atoms with Crippen molar-refractivity contribution in [2.24, 2.45) is 0 Å². The van der Waals surface area contributed by atoms with Crippen LogP contribution in [0.4, 0.5) is 0 Å². The van der Waals surface area contributed by atoms with Crippen LogP contribution in [0.15, 0.2) is 0 Å². The van der Waals surface area contributed by atoms with Gasteiger partial charge in [0, 0.05) is 38.2 Å². The van der Waals surface area contributed by atoms with Gasteiger partial charge in [0.15, 0.2) is 0 Å². The fourth-order valence-electron chi connectivity index (χ4n) is 0.